The van der Waals surface area contributed by atoms with Crippen LogP contribution in [0.15, 0.2) is 65.7 Å². The minimum Gasteiger partial charge on any atom is -0.315 e. The van der Waals surface area contributed by atoms with Crippen LogP contribution in [0.1, 0.15) is 30.0 Å². The van der Waals surface area contributed by atoms with Crippen LogP contribution in [0, 0.1) is 11.8 Å². The monoisotopic (exact) mass is 469 g/mol. The largest absolute Gasteiger partial charge is 0.315 e. The molecule has 10 heteroatoms. The molecule has 4 aromatic rings. The quantitative estimate of drug-likeness (QED) is 0.419. The Bertz CT molecular complexity index is 1450. The molecule has 0 saturated carbocycles. The van der Waals surface area contributed by atoms with Gasteiger partial charge in [0, 0.05) is 30.5 Å². The van der Waals surface area contributed by atoms with E-state index in [0.717, 1.165) is 24.7 Å². The van der Waals surface area contributed by atoms with Crippen LogP contribution in [0.5, 0.6) is 0 Å². The van der Waals surface area contributed by atoms with Crippen molar-refractivity contribution in [3.63, 3.8) is 0 Å². The highest BCUT2D eigenvalue weighted by Gasteiger charge is 2.26. The maximum atomic E-state index is 15.0. The lowest BCUT2D eigenvalue weighted by molar-refractivity contribution is 0.440. The molecule has 1 aliphatic heterocycles. The summed E-state index contributed by atoms with van der Waals surface area (Å²) >= 11 is 0. The molecule has 0 radical (unpaired) electrons. The Morgan fingerprint density at radius 2 is 1.91 bits per heavy atom. The summed E-state index contributed by atoms with van der Waals surface area (Å²) in [7, 11) is -4.33. The van der Waals surface area contributed by atoms with E-state index in [1.54, 1.807) is 4.68 Å². The van der Waals surface area contributed by atoms with E-state index in [0.29, 0.717) is 16.8 Å². The first kappa shape index (κ1) is 21.5. The van der Waals surface area contributed by atoms with Gasteiger partial charge in [-0.05, 0) is 36.2 Å². The number of pyridine rings is 1. The highest BCUT2D eigenvalue weighted by molar-refractivity contribution is 7.92. The first-order valence-corrected chi connectivity index (χ1v) is 11.9. The number of aromatic nitrogens is 3. The molecule has 1 saturated heterocycles. The Morgan fingerprint density at radius 1 is 1.12 bits per heavy atom. The van der Waals surface area contributed by atoms with Crippen LogP contribution in [0.25, 0.3) is 10.9 Å². The van der Waals surface area contributed by atoms with Gasteiger partial charge in [-0.3, -0.25) is 9.40 Å². The average Bonchev–Trinajstić information content (AvgIpc) is 3.14. The molecule has 2 N–H and O–H groups in total. The van der Waals surface area contributed by atoms with E-state index in [1.165, 1.54) is 36.0 Å². The van der Waals surface area contributed by atoms with Gasteiger partial charge in [-0.1, -0.05) is 30.3 Å². The van der Waals surface area contributed by atoms with E-state index in [4.69, 9.17) is 0 Å². The topological polar surface area (TPSA) is 88.9 Å². The Labute approximate surface area is 189 Å². The van der Waals surface area contributed by atoms with Crippen molar-refractivity contribution in [1.82, 2.24) is 20.1 Å². The summed E-state index contributed by atoms with van der Waals surface area (Å²) in [5, 5.41) is 8.18. The van der Waals surface area contributed by atoms with Gasteiger partial charge < -0.3 is 5.32 Å². The zero-order chi connectivity index (χ0) is 23.2. The molecule has 1 unspecified atom stereocenters. The maximum Gasteiger partial charge on any atom is 0.265 e. The molecule has 33 heavy (non-hydrogen) atoms. The van der Waals surface area contributed by atoms with Crippen LogP contribution in [-0.2, 0) is 10.0 Å². The second-order valence-corrected chi connectivity index (χ2v) is 9.69. The normalized spacial score (nSPS) is 15.4. The van der Waals surface area contributed by atoms with Gasteiger partial charge >= 0.3 is 0 Å². The molecule has 7 nitrogen and oxygen atoms in total. The minimum atomic E-state index is -4.33. The molecule has 3 heterocycles. The first-order chi connectivity index (χ1) is 15.8. The summed E-state index contributed by atoms with van der Waals surface area (Å²) in [5.41, 5.74) is 2.79. The molecule has 1 fully saturated rings. The van der Waals surface area contributed by atoms with Gasteiger partial charge in [0.1, 0.15) is 16.5 Å². The van der Waals surface area contributed by atoms with Crippen LogP contribution in [-0.4, -0.2) is 36.3 Å². The SMILES string of the molecule is CC(c1ccccc1C1CNC1)n1ncc2cc(S(=O)(=O)Nc3cccc(F)n3)c(F)cc21. The molecule has 2 aromatic heterocycles. The zero-order valence-corrected chi connectivity index (χ0v) is 18.5. The van der Waals surface area contributed by atoms with Crippen molar-refractivity contribution >= 4 is 26.7 Å². The molecule has 0 aliphatic carbocycles. The van der Waals surface area contributed by atoms with Crippen molar-refractivity contribution in [1.29, 1.82) is 0 Å². The molecule has 0 spiro atoms. The second-order valence-electron chi connectivity index (χ2n) is 8.04. The highest BCUT2D eigenvalue weighted by Crippen LogP contribution is 2.32. The summed E-state index contributed by atoms with van der Waals surface area (Å²) in [4.78, 5) is 2.91. The lowest BCUT2D eigenvalue weighted by Crippen LogP contribution is -2.40. The Balaban J connectivity index is 1.51. The van der Waals surface area contributed by atoms with Crippen LogP contribution >= 0.6 is 0 Å². The maximum absolute atomic E-state index is 15.0. The predicted molar refractivity (Wildman–Crippen MR) is 121 cm³/mol. The molecule has 170 valence electrons. The van der Waals surface area contributed by atoms with Gasteiger partial charge in [-0.2, -0.15) is 9.49 Å². The number of nitrogens with one attached hydrogen (secondary N) is 2. The number of hydrogen-bond acceptors (Lipinski definition) is 5. The fraction of sp³-hybridized carbons (Fsp3) is 0.217. The second kappa shape index (κ2) is 8.20. The van der Waals surface area contributed by atoms with Gasteiger partial charge in [0.25, 0.3) is 10.0 Å². The van der Waals surface area contributed by atoms with E-state index < -0.39 is 26.7 Å². The lowest BCUT2D eigenvalue weighted by Gasteiger charge is -2.31. The van der Waals surface area contributed by atoms with E-state index in [9.17, 15) is 12.8 Å². The Morgan fingerprint density at radius 3 is 2.64 bits per heavy atom. The standard InChI is InChI=1S/C23H21F2N5O2S/c1-14(17-5-2-3-6-18(17)16-11-26-12-16)30-20-10-19(24)21(9-15(20)13-27-30)33(31,32)29-23-8-4-7-22(25)28-23/h2-10,13-14,16,26H,11-12H2,1H3,(H,28,29). The fourth-order valence-corrected chi connectivity index (χ4v) is 5.22. The minimum absolute atomic E-state index is 0.184. The molecule has 1 aliphatic rings. The van der Waals surface area contributed by atoms with E-state index >= 15 is 4.39 Å². The fourth-order valence-electron chi connectivity index (χ4n) is 4.12. The molecule has 5 rings (SSSR count). The summed E-state index contributed by atoms with van der Waals surface area (Å²) in [6.07, 6.45) is 1.51. The molecular formula is C23H21F2N5O2S. The van der Waals surface area contributed by atoms with Crippen molar-refractivity contribution < 1.29 is 17.2 Å². The highest BCUT2D eigenvalue weighted by atomic mass is 32.2. The zero-order valence-electron chi connectivity index (χ0n) is 17.7. The van der Waals surface area contributed by atoms with Crippen molar-refractivity contribution in [2.45, 2.75) is 23.8 Å². The number of nitrogens with zero attached hydrogens (tertiary/aromatic N) is 3. The summed E-state index contributed by atoms with van der Waals surface area (Å²) in [6.45, 7) is 3.80. The third-order valence-electron chi connectivity index (χ3n) is 5.93. The number of rotatable bonds is 6. The van der Waals surface area contributed by atoms with Crippen molar-refractivity contribution in [2.75, 3.05) is 17.8 Å². The van der Waals surface area contributed by atoms with Crippen molar-refractivity contribution in [2.24, 2.45) is 0 Å². The smallest absolute Gasteiger partial charge is 0.265 e. The van der Waals surface area contributed by atoms with Crippen molar-refractivity contribution in [3.8, 4) is 0 Å². The van der Waals surface area contributed by atoms with Gasteiger partial charge in [0.2, 0.25) is 5.95 Å². The Hall–Kier alpha value is -3.37. The molecular weight excluding hydrogens is 448 g/mol. The molecule has 2 aromatic carbocycles. The lowest BCUT2D eigenvalue weighted by atomic mass is 9.87. The predicted octanol–water partition coefficient (Wildman–Crippen LogP) is 3.81. The van der Waals surface area contributed by atoms with Crippen LogP contribution in [0.4, 0.5) is 14.6 Å². The Kier molecular flexibility index (Phi) is 5.34. The number of sulfonamides is 1. The van der Waals surface area contributed by atoms with Gasteiger partial charge in [-0.25, -0.2) is 17.8 Å². The van der Waals surface area contributed by atoms with Crippen LogP contribution in [0.2, 0.25) is 0 Å². The number of benzene rings is 2. The van der Waals surface area contributed by atoms with E-state index in [1.807, 2.05) is 25.1 Å². The van der Waals surface area contributed by atoms with Crippen LogP contribution < -0.4 is 10.0 Å². The first-order valence-electron chi connectivity index (χ1n) is 10.4. The van der Waals surface area contributed by atoms with Gasteiger partial charge in [0.05, 0.1) is 17.8 Å². The summed E-state index contributed by atoms with van der Waals surface area (Å²) in [5.74, 6) is -1.60. The molecule has 0 amide bonds. The average molecular weight is 470 g/mol. The van der Waals surface area contributed by atoms with Gasteiger partial charge in [0.15, 0.2) is 0 Å². The number of anilines is 1. The van der Waals surface area contributed by atoms with Crippen LogP contribution in [0.3, 0.4) is 0 Å². The third kappa shape index (κ3) is 3.96. The van der Waals surface area contributed by atoms with Gasteiger partial charge in [-0.15, -0.1) is 0 Å². The number of hydrogen-bond donors (Lipinski definition) is 2. The number of fused-ring (bicyclic) bond motifs is 1. The molecule has 1 atom stereocenters. The number of halogens is 2. The summed E-state index contributed by atoms with van der Waals surface area (Å²) in [6, 6.07) is 14.0. The van der Waals surface area contributed by atoms with Crippen molar-refractivity contribution in [3.05, 3.63) is 83.7 Å². The van der Waals surface area contributed by atoms with E-state index in [-0.39, 0.29) is 11.9 Å². The summed E-state index contributed by atoms with van der Waals surface area (Å²) < 4.78 is 57.7. The molecule has 0 bridgehead atoms. The van der Waals surface area contributed by atoms with E-state index in [2.05, 4.69) is 26.2 Å². The third-order valence-corrected chi connectivity index (χ3v) is 7.30.